The molecule has 9 heteroatoms. The Balaban J connectivity index is 1.74. The number of nitrogens with one attached hydrogen (secondary N) is 1. The van der Waals surface area contributed by atoms with Crippen LogP contribution in [0.4, 0.5) is 5.13 Å². The highest BCUT2D eigenvalue weighted by Gasteiger charge is 2.19. The van der Waals surface area contributed by atoms with Crippen LogP contribution in [0.15, 0.2) is 47.3 Å². The Bertz CT molecular complexity index is 768. The lowest BCUT2D eigenvalue weighted by Crippen LogP contribution is -2.04. The molecule has 1 aromatic carbocycles. The number of rotatable bonds is 7. The van der Waals surface area contributed by atoms with E-state index in [2.05, 4.69) is 37.6 Å². The highest BCUT2D eigenvalue weighted by molar-refractivity contribution is 8.01. The van der Waals surface area contributed by atoms with Gasteiger partial charge in [0.05, 0.1) is 10.9 Å². The van der Waals surface area contributed by atoms with Crippen molar-refractivity contribution in [1.82, 2.24) is 30.4 Å². The van der Waals surface area contributed by atoms with Crippen LogP contribution in [0.1, 0.15) is 18.0 Å². The van der Waals surface area contributed by atoms with E-state index >= 15 is 0 Å². The molecule has 2 aromatic heterocycles. The maximum atomic E-state index is 4.18. The average Bonchev–Trinajstić information content (AvgIpc) is 3.23. The molecule has 0 radical (unpaired) electrons. The zero-order valence-electron chi connectivity index (χ0n) is 12.5. The van der Waals surface area contributed by atoms with Crippen LogP contribution >= 0.6 is 23.1 Å². The molecule has 2 heterocycles. The van der Waals surface area contributed by atoms with E-state index in [9.17, 15) is 0 Å². The van der Waals surface area contributed by atoms with Crippen molar-refractivity contribution in [1.29, 1.82) is 0 Å². The Morgan fingerprint density at radius 2 is 2.13 bits per heavy atom. The lowest BCUT2D eigenvalue weighted by Gasteiger charge is -2.09. The van der Waals surface area contributed by atoms with Gasteiger partial charge >= 0.3 is 0 Å². The molecule has 0 fully saturated rings. The van der Waals surface area contributed by atoms with Crippen molar-refractivity contribution in [2.45, 2.75) is 16.5 Å². The first-order valence-electron chi connectivity index (χ1n) is 6.96. The first kappa shape index (κ1) is 15.6. The number of anilines is 1. The van der Waals surface area contributed by atoms with Gasteiger partial charge in [-0.2, -0.15) is 4.68 Å². The summed E-state index contributed by atoms with van der Waals surface area (Å²) in [7, 11) is 0. The van der Waals surface area contributed by atoms with Crippen LogP contribution in [0.5, 0.6) is 0 Å². The van der Waals surface area contributed by atoms with Crippen molar-refractivity contribution in [3.8, 4) is 5.69 Å². The highest BCUT2D eigenvalue weighted by Crippen LogP contribution is 2.36. The van der Waals surface area contributed by atoms with Crippen molar-refractivity contribution in [2.24, 2.45) is 0 Å². The Labute approximate surface area is 141 Å². The van der Waals surface area contributed by atoms with Crippen LogP contribution in [-0.4, -0.2) is 36.9 Å². The maximum absolute atomic E-state index is 4.18. The molecule has 0 aliphatic rings. The summed E-state index contributed by atoms with van der Waals surface area (Å²) in [6, 6.07) is 9.82. The Morgan fingerprint density at radius 1 is 1.30 bits per heavy atom. The summed E-state index contributed by atoms with van der Waals surface area (Å²) in [6.45, 7) is 6.38. The van der Waals surface area contributed by atoms with Crippen LogP contribution in [0.25, 0.3) is 5.69 Å². The van der Waals surface area contributed by atoms with Crippen molar-refractivity contribution >= 4 is 28.2 Å². The first-order valence-corrected chi connectivity index (χ1v) is 8.66. The summed E-state index contributed by atoms with van der Waals surface area (Å²) in [5, 5.41) is 24.3. The molecule has 0 aliphatic carbocycles. The predicted octanol–water partition coefficient (Wildman–Crippen LogP) is 2.97. The summed E-state index contributed by atoms with van der Waals surface area (Å²) in [4.78, 5) is 0. The van der Waals surface area contributed by atoms with Gasteiger partial charge in [0.15, 0.2) is 10.2 Å². The minimum Gasteiger partial charge on any atom is -0.357 e. The third-order valence-electron chi connectivity index (χ3n) is 2.94. The van der Waals surface area contributed by atoms with Gasteiger partial charge in [-0.15, -0.1) is 21.9 Å². The van der Waals surface area contributed by atoms with E-state index in [1.165, 1.54) is 11.3 Å². The number of nitrogens with zero attached hydrogens (tertiary/aromatic N) is 6. The second kappa shape index (κ2) is 7.34. The van der Waals surface area contributed by atoms with Gasteiger partial charge in [0.25, 0.3) is 0 Å². The van der Waals surface area contributed by atoms with E-state index < -0.39 is 0 Å². The fourth-order valence-corrected chi connectivity index (χ4v) is 3.88. The van der Waals surface area contributed by atoms with Crippen molar-refractivity contribution in [3.05, 3.63) is 48.8 Å². The van der Waals surface area contributed by atoms with Crippen molar-refractivity contribution in [2.75, 3.05) is 11.9 Å². The molecule has 0 saturated carbocycles. The minimum absolute atomic E-state index is 0.0467. The van der Waals surface area contributed by atoms with Gasteiger partial charge in [-0.05, 0) is 29.5 Å². The predicted molar refractivity (Wildman–Crippen MR) is 92.0 cm³/mol. The second-order valence-corrected chi connectivity index (χ2v) is 7.15. The number of tetrazole rings is 1. The Hall–Kier alpha value is -2.26. The quantitative estimate of drug-likeness (QED) is 0.521. The summed E-state index contributed by atoms with van der Waals surface area (Å²) in [6.07, 6.45) is 1.78. The van der Waals surface area contributed by atoms with E-state index in [1.807, 2.05) is 37.3 Å². The molecule has 23 heavy (non-hydrogen) atoms. The third-order valence-corrected chi connectivity index (χ3v) is 5.00. The van der Waals surface area contributed by atoms with Crippen molar-refractivity contribution in [3.63, 3.8) is 0 Å². The Kier molecular flexibility index (Phi) is 4.99. The standard InChI is InChI=1S/C14H15N7S2/c1-3-9-15-13-17-18-14(23-13)22-10(2)12-16-19-20-21(12)11-7-5-4-6-8-11/h3-8,10H,1,9H2,2H3,(H,15,17). The number of hydrogen-bond donors (Lipinski definition) is 1. The maximum Gasteiger partial charge on any atom is 0.206 e. The van der Waals surface area contributed by atoms with Crippen molar-refractivity contribution < 1.29 is 0 Å². The minimum atomic E-state index is 0.0467. The van der Waals surface area contributed by atoms with Gasteiger partial charge in [-0.25, -0.2) is 0 Å². The molecule has 7 nitrogen and oxygen atoms in total. The first-order chi connectivity index (χ1) is 11.3. The Morgan fingerprint density at radius 3 is 2.91 bits per heavy atom. The normalized spacial score (nSPS) is 12.0. The highest BCUT2D eigenvalue weighted by atomic mass is 32.2. The van der Waals surface area contributed by atoms with Gasteiger partial charge in [0.1, 0.15) is 0 Å². The molecule has 1 atom stereocenters. The summed E-state index contributed by atoms with van der Waals surface area (Å²) in [5.74, 6) is 0.775. The van der Waals surface area contributed by atoms with E-state index in [-0.39, 0.29) is 5.25 Å². The van der Waals surface area contributed by atoms with Gasteiger partial charge < -0.3 is 5.32 Å². The molecule has 0 bridgehead atoms. The molecule has 0 aliphatic heterocycles. The number of benzene rings is 1. The van der Waals surface area contributed by atoms with Gasteiger partial charge in [-0.1, -0.05) is 47.4 Å². The van der Waals surface area contributed by atoms with Gasteiger partial charge in [-0.3, -0.25) is 0 Å². The van der Waals surface area contributed by atoms with Crippen LogP contribution < -0.4 is 5.32 Å². The van der Waals surface area contributed by atoms with Crippen LogP contribution in [-0.2, 0) is 0 Å². The molecule has 3 rings (SSSR count). The van der Waals surface area contributed by atoms with E-state index in [1.54, 1.807) is 22.5 Å². The molecule has 3 aromatic rings. The molecule has 0 spiro atoms. The van der Waals surface area contributed by atoms with E-state index in [4.69, 9.17) is 0 Å². The van der Waals surface area contributed by atoms with Crippen LogP contribution in [0.3, 0.4) is 0 Å². The summed E-state index contributed by atoms with van der Waals surface area (Å²) in [5.41, 5.74) is 0.936. The lowest BCUT2D eigenvalue weighted by molar-refractivity contribution is 0.762. The van der Waals surface area contributed by atoms with Crippen LogP contribution in [0, 0.1) is 0 Å². The monoisotopic (exact) mass is 345 g/mol. The van der Waals surface area contributed by atoms with Crippen LogP contribution in [0.2, 0.25) is 0 Å². The number of thioether (sulfide) groups is 1. The molecular formula is C14H15N7S2. The fourth-order valence-electron chi connectivity index (χ4n) is 1.89. The summed E-state index contributed by atoms with van der Waals surface area (Å²) >= 11 is 3.08. The zero-order valence-corrected chi connectivity index (χ0v) is 14.1. The zero-order chi connectivity index (χ0) is 16.1. The SMILES string of the molecule is C=CCNc1nnc(SC(C)c2nnnn2-c2ccccc2)s1. The van der Waals surface area contributed by atoms with Gasteiger partial charge in [0, 0.05) is 6.54 Å². The fraction of sp³-hybridized carbons (Fsp3) is 0.214. The molecule has 1 unspecified atom stereocenters. The molecule has 1 N–H and O–H groups in total. The molecular weight excluding hydrogens is 330 g/mol. The average molecular weight is 345 g/mol. The largest absolute Gasteiger partial charge is 0.357 e. The van der Waals surface area contributed by atoms with Gasteiger partial charge in [0.2, 0.25) is 5.13 Å². The number of hydrogen-bond acceptors (Lipinski definition) is 8. The number of para-hydroxylation sites is 1. The smallest absolute Gasteiger partial charge is 0.206 e. The second-order valence-electron chi connectivity index (χ2n) is 4.59. The third kappa shape index (κ3) is 3.74. The van der Waals surface area contributed by atoms with E-state index in [0.717, 1.165) is 21.0 Å². The topological polar surface area (TPSA) is 81.4 Å². The lowest BCUT2D eigenvalue weighted by atomic mass is 10.3. The molecule has 0 amide bonds. The summed E-state index contributed by atoms with van der Waals surface area (Å²) < 4.78 is 2.61. The molecule has 118 valence electrons. The molecule has 0 saturated heterocycles. The van der Waals surface area contributed by atoms with E-state index in [0.29, 0.717) is 6.54 Å². The number of aromatic nitrogens is 6.